The van der Waals surface area contributed by atoms with Gasteiger partial charge in [0, 0.05) is 38.1 Å². The van der Waals surface area contributed by atoms with Crippen LogP contribution >= 0.6 is 0 Å². The lowest BCUT2D eigenvalue weighted by atomic mass is 9.98. The van der Waals surface area contributed by atoms with Crippen LogP contribution in [0.1, 0.15) is 52.9 Å². The second-order valence-electron chi connectivity index (χ2n) is 6.52. The molecule has 2 fully saturated rings. The zero-order chi connectivity index (χ0) is 15.4. The maximum Gasteiger partial charge on any atom is 0.242 e. The van der Waals surface area contributed by atoms with E-state index in [4.69, 9.17) is 0 Å². The predicted molar refractivity (Wildman–Crippen MR) is 82.9 cm³/mol. The van der Waals surface area contributed by atoms with Crippen molar-refractivity contribution in [3.63, 3.8) is 0 Å². The van der Waals surface area contributed by atoms with E-state index in [9.17, 15) is 9.59 Å². The quantitative estimate of drug-likeness (QED) is 0.833. The molecule has 2 saturated heterocycles. The van der Waals surface area contributed by atoms with Gasteiger partial charge in [0.2, 0.25) is 11.8 Å². The van der Waals surface area contributed by atoms with Crippen molar-refractivity contribution in [2.24, 2.45) is 0 Å². The number of nitrogens with zero attached hydrogens (tertiary/aromatic N) is 2. The van der Waals surface area contributed by atoms with E-state index >= 15 is 0 Å². The minimum atomic E-state index is -0.337. The van der Waals surface area contributed by atoms with Gasteiger partial charge in [0.25, 0.3) is 0 Å². The van der Waals surface area contributed by atoms with E-state index in [1.807, 2.05) is 6.92 Å². The van der Waals surface area contributed by atoms with Gasteiger partial charge in [0.1, 0.15) is 6.04 Å². The summed E-state index contributed by atoms with van der Waals surface area (Å²) < 4.78 is 0. The average molecular weight is 295 g/mol. The Hall–Kier alpha value is -1.10. The molecule has 0 aromatic carbocycles. The Kier molecular flexibility index (Phi) is 5.62. The van der Waals surface area contributed by atoms with Gasteiger partial charge in [-0.05, 0) is 40.0 Å². The van der Waals surface area contributed by atoms with E-state index in [-0.39, 0.29) is 17.9 Å². The highest BCUT2D eigenvalue weighted by atomic mass is 16.2. The van der Waals surface area contributed by atoms with Gasteiger partial charge < -0.3 is 10.2 Å². The Morgan fingerprint density at radius 3 is 2.52 bits per heavy atom. The minimum absolute atomic E-state index is 0.0254. The van der Waals surface area contributed by atoms with E-state index in [0.29, 0.717) is 31.6 Å². The molecule has 1 unspecified atom stereocenters. The fraction of sp³-hybridized carbons (Fsp3) is 0.875. The highest BCUT2D eigenvalue weighted by Crippen LogP contribution is 2.21. The fourth-order valence-electron chi connectivity index (χ4n) is 3.59. The van der Waals surface area contributed by atoms with Gasteiger partial charge in [-0.25, -0.2) is 0 Å². The van der Waals surface area contributed by atoms with Gasteiger partial charge >= 0.3 is 0 Å². The van der Waals surface area contributed by atoms with Crippen molar-refractivity contribution in [3.8, 4) is 0 Å². The molecule has 0 saturated carbocycles. The second-order valence-corrected chi connectivity index (χ2v) is 6.52. The first-order valence-corrected chi connectivity index (χ1v) is 8.33. The molecule has 21 heavy (non-hydrogen) atoms. The summed E-state index contributed by atoms with van der Waals surface area (Å²) in [6, 6.07) is 0.864. The van der Waals surface area contributed by atoms with Gasteiger partial charge in [-0.15, -0.1) is 0 Å². The zero-order valence-corrected chi connectivity index (χ0v) is 13.6. The van der Waals surface area contributed by atoms with Crippen molar-refractivity contribution in [3.05, 3.63) is 0 Å². The third-order valence-electron chi connectivity index (χ3n) is 5.00. The standard InChI is InChI=1S/C16H29N3O2/c1-12-6-4-7-13(2)18(12)11-9-17-16(21)14(3)19-10-5-8-15(19)20/h12-14H,4-11H2,1-3H3,(H,17,21)/t12-,13+,14?. The SMILES string of the molecule is CC(C(=O)NCCN1[C@H](C)CCC[C@@H]1C)N1CCCC1=O. The molecule has 0 bridgehead atoms. The molecule has 0 aliphatic carbocycles. The van der Waals surface area contributed by atoms with Crippen molar-refractivity contribution < 1.29 is 9.59 Å². The number of piperidine rings is 1. The molecule has 2 heterocycles. The van der Waals surface area contributed by atoms with E-state index in [0.717, 1.165) is 13.0 Å². The van der Waals surface area contributed by atoms with Crippen LogP contribution in [0, 0.1) is 0 Å². The predicted octanol–water partition coefficient (Wildman–Crippen LogP) is 1.38. The summed E-state index contributed by atoms with van der Waals surface area (Å²) in [7, 11) is 0. The first-order valence-electron chi connectivity index (χ1n) is 8.33. The Morgan fingerprint density at radius 2 is 1.95 bits per heavy atom. The number of nitrogens with one attached hydrogen (secondary N) is 1. The lowest BCUT2D eigenvalue weighted by molar-refractivity contribution is -0.136. The lowest BCUT2D eigenvalue weighted by Gasteiger charge is -2.39. The number of likely N-dealkylation sites (tertiary alicyclic amines) is 2. The summed E-state index contributed by atoms with van der Waals surface area (Å²) in [6.45, 7) is 8.64. The molecule has 0 aromatic rings. The van der Waals surface area contributed by atoms with Crippen LogP contribution < -0.4 is 5.32 Å². The highest BCUT2D eigenvalue weighted by molar-refractivity contribution is 5.88. The summed E-state index contributed by atoms with van der Waals surface area (Å²) in [6.07, 6.45) is 5.26. The van der Waals surface area contributed by atoms with Crippen LogP contribution in [0.25, 0.3) is 0 Å². The third-order valence-corrected chi connectivity index (χ3v) is 5.00. The zero-order valence-electron chi connectivity index (χ0n) is 13.6. The van der Waals surface area contributed by atoms with Crippen LogP contribution in [0.5, 0.6) is 0 Å². The first-order chi connectivity index (χ1) is 10.0. The maximum atomic E-state index is 12.2. The van der Waals surface area contributed by atoms with Crippen LogP contribution in [-0.4, -0.2) is 59.4 Å². The Bertz CT molecular complexity index is 376. The second kappa shape index (κ2) is 7.25. The number of hydrogen-bond acceptors (Lipinski definition) is 3. The van der Waals surface area contributed by atoms with Crippen LogP contribution in [0.15, 0.2) is 0 Å². The van der Waals surface area contributed by atoms with Gasteiger partial charge in [-0.3, -0.25) is 14.5 Å². The largest absolute Gasteiger partial charge is 0.353 e. The molecule has 1 N–H and O–H groups in total. The van der Waals surface area contributed by atoms with Crippen LogP contribution in [0.3, 0.4) is 0 Å². The minimum Gasteiger partial charge on any atom is -0.353 e. The molecule has 5 heteroatoms. The van der Waals surface area contributed by atoms with Crippen molar-refractivity contribution in [2.75, 3.05) is 19.6 Å². The molecule has 120 valence electrons. The Balaban J connectivity index is 1.74. The summed E-state index contributed by atoms with van der Waals surface area (Å²) >= 11 is 0. The summed E-state index contributed by atoms with van der Waals surface area (Å²) in [4.78, 5) is 28.0. The molecule has 3 atom stereocenters. The van der Waals surface area contributed by atoms with Gasteiger partial charge in [0.05, 0.1) is 0 Å². The molecule has 2 amide bonds. The van der Waals surface area contributed by atoms with Crippen molar-refractivity contribution in [1.29, 1.82) is 0 Å². The van der Waals surface area contributed by atoms with Gasteiger partial charge in [-0.2, -0.15) is 0 Å². The van der Waals surface area contributed by atoms with E-state index in [1.165, 1.54) is 19.3 Å². The molecule has 2 rings (SSSR count). The average Bonchev–Trinajstić information content (AvgIpc) is 2.87. The molecule has 2 aliphatic heterocycles. The molecule has 0 radical (unpaired) electrons. The lowest BCUT2D eigenvalue weighted by Crippen LogP contribution is -2.50. The normalized spacial score (nSPS) is 28.7. The third kappa shape index (κ3) is 3.96. The van der Waals surface area contributed by atoms with Crippen LogP contribution in [0.2, 0.25) is 0 Å². The molecular formula is C16H29N3O2. The van der Waals surface area contributed by atoms with Crippen molar-refractivity contribution in [1.82, 2.24) is 15.1 Å². The van der Waals surface area contributed by atoms with Crippen molar-refractivity contribution >= 4 is 11.8 Å². The molecule has 2 aliphatic rings. The number of amides is 2. The molecular weight excluding hydrogens is 266 g/mol. The molecule has 0 spiro atoms. The topological polar surface area (TPSA) is 52.7 Å². The van der Waals surface area contributed by atoms with E-state index in [1.54, 1.807) is 4.90 Å². The number of rotatable bonds is 5. The van der Waals surface area contributed by atoms with E-state index < -0.39 is 0 Å². The highest BCUT2D eigenvalue weighted by Gasteiger charge is 2.29. The maximum absolute atomic E-state index is 12.2. The van der Waals surface area contributed by atoms with E-state index in [2.05, 4.69) is 24.1 Å². The van der Waals surface area contributed by atoms with Crippen LogP contribution in [0.4, 0.5) is 0 Å². The summed E-state index contributed by atoms with van der Waals surface area (Å²) in [5.41, 5.74) is 0. The number of hydrogen-bond donors (Lipinski definition) is 1. The number of carbonyl (C=O) groups is 2. The fourth-order valence-corrected chi connectivity index (χ4v) is 3.59. The van der Waals surface area contributed by atoms with Gasteiger partial charge in [0.15, 0.2) is 0 Å². The van der Waals surface area contributed by atoms with Crippen molar-refractivity contribution in [2.45, 2.75) is 71.0 Å². The van der Waals surface area contributed by atoms with Gasteiger partial charge in [-0.1, -0.05) is 6.42 Å². The molecule has 5 nitrogen and oxygen atoms in total. The monoisotopic (exact) mass is 295 g/mol. The summed E-state index contributed by atoms with van der Waals surface area (Å²) in [5.74, 6) is 0.0819. The van der Waals surface area contributed by atoms with Crippen LogP contribution in [-0.2, 0) is 9.59 Å². The smallest absolute Gasteiger partial charge is 0.242 e. The Labute approximate surface area is 128 Å². The molecule has 0 aromatic heterocycles. The summed E-state index contributed by atoms with van der Waals surface area (Å²) in [5, 5.41) is 2.99. The Morgan fingerprint density at radius 1 is 1.29 bits per heavy atom. The number of carbonyl (C=O) groups excluding carboxylic acids is 2. The first kappa shape index (κ1) is 16.3.